The fraction of sp³-hybridized carbons (Fsp3) is 0.286. The highest BCUT2D eigenvalue weighted by atomic mass is 15.2. The van der Waals surface area contributed by atoms with Crippen molar-refractivity contribution in [2.45, 2.75) is 26.8 Å². The van der Waals surface area contributed by atoms with Crippen molar-refractivity contribution in [3.63, 3.8) is 0 Å². The summed E-state index contributed by atoms with van der Waals surface area (Å²) in [5.74, 6) is 1.01. The molecule has 3 aromatic rings. The Kier molecular flexibility index (Phi) is 8.44. The van der Waals surface area contributed by atoms with Crippen LogP contribution in [-0.2, 0) is 6.54 Å². The number of nitrogen functional groups attached to an aromatic ring is 1. The molecule has 1 aromatic carbocycles. The van der Waals surface area contributed by atoms with Crippen molar-refractivity contribution in [3.05, 3.63) is 85.0 Å². The van der Waals surface area contributed by atoms with Crippen LogP contribution in [0, 0.1) is 0 Å². The normalized spacial score (nSPS) is 12.4. The van der Waals surface area contributed by atoms with Crippen LogP contribution < -0.4 is 16.0 Å². The summed E-state index contributed by atoms with van der Waals surface area (Å²) >= 11 is 0. The monoisotopic (exact) mass is 456 g/mol. The second kappa shape index (κ2) is 11.5. The highest BCUT2D eigenvalue weighted by Gasteiger charge is 2.15. The molecule has 34 heavy (non-hydrogen) atoms. The Morgan fingerprint density at radius 2 is 1.79 bits per heavy atom. The molecule has 178 valence electrons. The summed E-state index contributed by atoms with van der Waals surface area (Å²) in [6.45, 7) is 15.4. The molecule has 0 bridgehead atoms. The first-order valence-electron chi connectivity index (χ1n) is 11.8. The molecule has 1 fully saturated rings. The zero-order valence-corrected chi connectivity index (χ0v) is 20.8. The van der Waals surface area contributed by atoms with Gasteiger partial charge in [-0.05, 0) is 67.5 Å². The number of nitrogens with zero attached hydrogens (tertiary/aromatic N) is 4. The summed E-state index contributed by atoms with van der Waals surface area (Å²) in [5.41, 5.74) is 13.4. The Labute approximate surface area is 203 Å². The quantitative estimate of drug-likeness (QED) is 0.337. The lowest BCUT2D eigenvalue weighted by Gasteiger charge is -2.32. The number of hydrogen-bond donors (Lipinski definition) is 2. The molecule has 6 heteroatoms. The van der Waals surface area contributed by atoms with E-state index in [1.165, 1.54) is 6.42 Å². The number of aromatic nitrogens is 2. The van der Waals surface area contributed by atoms with Crippen LogP contribution in [0.4, 0.5) is 17.2 Å². The van der Waals surface area contributed by atoms with E-state index in [0.717, 1.165) is 59.0 Å². The molecule has 0 atom stereocenters. The molecule has 1 aliphatic heterocycles. The van der Waals surface area contributed by atoms with Gasteiger partial charge in [-0.2, -0.15) is 0 Å². The summed E-state index contributed by atoms with van der Waals surface area (Å²) < 4.78 is 0. The van der Waals surface area contributed by atoms with Gasteiger partial charge < -0.3 is 20.9 Å². The van der Waals surface area contributed by atoms with Gasteiger partial charge in [0, 0.05) is 54.5 Å². The predicted octanol–water partition coefficient (Wildman–Crippen LogP) is 5.66. The molecule has 1 aliphatic rings. The third-order valence-corrected chi connectivity index (χ3v) is 5.59. The third-order valence-electron chi connectivity index (χ3n) is 5.59. The second-order valence-electron chi connectivity index (χ2n) is 8.45. The number of pyridine rings is 2. The van der Waals surface area contributed by atoms with Crippen molar-refractivity contribution >= 4 is 22.8 Å². The van der Waals surface area contributed by atoms with Gasteiger partial charge in [0.05, 0.1) is 11.9 Å². The molecular weight excluding hydrogens is 420 g/mol. The molecular formula is C28H36N6. The number of nitrogens with one attached hydrogen (secondary N) is 1. The molecule has 3 heterocycles. The van der Waals surface area contributed by atoms with Crippen LogP contribution in [0.15, 0.2) is 73.8 Å². The van der Waals surface area contributed by atoms with E-state index in [0.29, 0.717) is 11.4 Å². The van der Waals surface area contributed by atoms with E-state index < -0.39 is 0 Å². The van der Waals surface area contributed by atoms with Crippen molar-refractivity contribution in [3.8, 4) is 11.1 Å². The Morgan fingerprint density at radius 3 is 2.41 bits per heavy atom. The summed E-state index contributed by atoms with van der Waals surface area (Å²) in [6.07, 6.45) is 6.83. The zero-order chi connectivity index (χ0) is 24.7. The van der Waals surface area contributed by atoms with Crippen molar-refractivity contribution in [1.82, 2.24) is 14.9 Å². The molecule has 0 saturated carbocycles. The second-order valence-corrected chi connectivity index (χ2v) is 8.45. The molecule has 4 rings (SSSR count). The lowest BCUT2D eigenvalue weighted by Crippen LogP contribution is -2.37. The van der Waals surface area contributed by atoms with Crippen molar-refractivity contribution in [2.24, 2.45) is 0 Å². The number of rotatable bonds is 8. The Hall–Kier alpha value is -3.64. The van der Waals surface area contributed by atoms with E-state index in [1.807, 2.05) is 76.9 Å². The lowest BCUT2D eigenvalue weighted by atomic mass is 9.97. The lowest BCUT2D eigenvalue weighted by molar-refractivity contribution is 0.402. The Bertz CT molecular complexity index is 1130. The van der Waals surface area contributed by atoms with Gasteiger partial charge in [-0.1, -0.05) is 33.1 Å². The molecule has 6 nitrogen and oxygen atoms in total. The minimum atomic E-state index is 0.658. The Balaban J connectivity index is 0.00000158. The highest BCUT2D eigenvalue weighted by molar-refractivity contribution is 5.87. The van der Waals surface area contributed by atoms with Crippen LogP contribution in [-0.4, -0.2) is 42.1 Å². The summed E-state index contributed by atoms with van der Waals surface area (Å²) in [7, 11) is 4.09. The standard InChI is InChI=1S/C26H30N6.C2H6/c1-18(19(2)30-23-7-9-26(29-16-23)32-10-5-11-32)24-13-21(6-8-25(24)27)22-12-20(14-28-15-22)17-31(3)4;1-2/h6-9,12-16,30H,1-2,5,10-11,17,27H2,3-4H3;1-2H3. The van der Waals surface area contributed by atoms with Crippen molar-refractivity contribution in [1.29, 1.82) is 0 Å². The average Bonchev–Trinajstić information content (AvgIpc) is 2.80. The summed E-state index contributed by atoms with van der Waals surface area (Å²) in [6, 6.07) is 12.2. The maximum atomic E-state index is 6.30. The van der Waals surface area contributed by atoms with Gasteiger partial charge in [0.15, 0.2) is 0 Å². The smallest absolute Gasteiger partial charge is 0.128 e. The average molecular weight is 457 g/mol. The molecule has 0 spiro atoms. The zero-order valence-electron chi connectivity index (χ0n) is 20.8. The van der Waals surface area contributed by atoms with Gasteiger partial charge in [0.25, 0.3) is 0 Å². The maximum Gasteiger partial charge on any atom is 0.128 e. The minimum absolute atomic E-state index is 0.658. The first-order chi connectivity index (χ1) is 16.4. The molecule has 0 amide bonds. The highest BCUT2D eigenvalue weighted by Crippen LogP contribution is 2.31. The van der Waals surface area contributed by atoms with Crippen LogP contribution in [0.3, 0.4) is 0 Å². The SMILES string of the molecule is C=C(Nc1ccc(N2CCC2)nc1)C(=C)c1cc(-c2cncc(CN(C)C)c2)ccc1N.CC. The van der Waals surface area contributed by atoms with E-state index in [1.54, 1.807) is 0 Å². The van der Waals surface area contributed by atoms with Gasteiger partial charge in [-0.25, -0.2) is 4.98 Å². The van der Waals surface area contributed by atoms with Crippen LogP contribution >= 0.6 is 0 Å². The van der Waals surface area contributed by atoms with Crippen LogP contribution in [0.2, 0.25) is 0 Å². The van der Waals surface area contributed by atoms with Crippen LogP contribution in [0.5, 0.6) is 0 Å². The van der Waals surface area contributed by atoms with Gasteiger partial charge in [-0.3, -0.25) is 4.98 Å². The molecule has 1 saturated heterocycles. The Morgan fingerprint density at radius 1 is 1.03 bits per heavy atom. The van der Waals surface area contributed by atoms with E-state index in [-0.39, 0.29) is 0 Å². The topological polar surface area (TPSA) is 70.3 Å². The number of hydrogen-bond acceptors (Lipinski definition) is 6. The van der Waals surface area contributed by atoms with E-state index >= 15 is 0 Å². The maximum absolute atomic E-state index is 6.30. The number of allylic oxidation sites excluding steroid dienone is 1. The van der Waals surface area contributed by atoms with Gasteiger partial charge in [0.1, 0.15) is 5.82 Å². The van der Waals surface area contributed by atoms with Gasteiger partial charge in [0.2, 0.25) is 0 Å². The minimum Gasteiger partial charge on any atom is -0.398 e. The van der Waals surface area contributed by atoms with Crippen molar-refractivity contribution < 1.29 is 0 Å². The number of benzene rings is 1. The fourth-order valence-electron chi connectivity index (χ4n) is 3.70. The van der Waals surface area contributed by atoms with Crippen LogP contribution in [0.25, 0.3) is 16.7 Å². The third kappa shape index (κ3) is 6.02. The molecule has 0 unspecified atom stereocenters. The first kappa shape index (κ1) is 25.0. The fourth-order valence-corrected chi connectivity index (χ4v) is 3.70. The van der Waals surface area contributed by atoms with Crippen LogP contribution in [0.1, 0.15) is 31.4 Å². The number of nitrogens with two attached hydrogens (primary N) is 1. The van der Waals surface area contributed by atoms with E-state index in [9.17, 15) is 0 Å². The van der Waals surface area contributed by atoms with Gasteiger partial charge >= 0.3 is 0 Å². The molecule has 0 radical (unpaired) electrons. The summed E-state index contributed by atoms with van der Waals surface area (Å²) in [5, 5.41) is 3.31. The van der Waals surface area contributed by atoms with E-state index in [4.69, 9.17) is 5.73 Å². The van der Waals surface area contributed by atoms with Crippen molar-refractivity contribution in [2.75, 3.05) is 43.1 Å². The van der Waals surface area contributed by atoms with Gasteiger partial charge in [-0.15, -0.1) is 0 Å². The molecule has 3 N–H and O–H groups in total. The number of anilines is 3. The summed E-state index contributed by atoms with van der Waals surface area (Å²) in [4.78, 5) is 13.3. The first-order valence-corrected chi connectivity index (χ1v) is 11.8. The van der Waals surface area contributed by atoms with E-state index in [2.05, 4.69) is 44.3 Å². The largest absolute Gasteiger partial charge is 0.398 e. The predicted molar refractivity (Wildman–Crippen MR) is 146 cm³/mol. The molecule has 2 aromatic heterocycles. The molecule has 0 aliphatic carbocycles.